The molecule has 0 aromatic heterocycles. The van der Waals surface area contributed by atoms with Crippen LogP contribution in [-0.2, 0) is 9.53 Å². The molecule has 0 aromatic rings. The molecule has 2 amide bonds. The van der Waals surface area contributed by atoms with Gasteiger partial charge in [0.15, 0.2) is 6.10 Å². The summed E-state index contributed by atoms with van der Waals surface area (Å²) in [6.07, 6.45) is 0.00162. The SMILES string of the molecule is CC1CC(NC(=O)NCC(O)C(=O)O)CCO1. The molecule has 0 aliphatic carbocycles. The van der Waals surface area contributed by atoms with Gasteiger partial charge in [-0.1, -0.05) is 0 Å². The summed E-state index contributed by atoms with van der Waals surface area (Å²) in [5, 5.41) is 22.4. The minimum Gasteiger partial charge on any atom is -0.479 e. The van der Waals surface area contributed by atoms with Crippen molar-refractivity contribution in [3.05, 3.63) is 0 Å². The number of hydrogen-bond acceptors (Lipinski definition) is 4. The lowest BCUT2D eigenvalue weighted by Crippen LogP contribution is -2.48. The van der Waals surface area contributed by atoms with E-state index in [9.17, 15) is 9.59 Å². The summed E-state index contributed by atoms with van der Waals surface area (Å²) in [6.45, 7) is 2.23. The Hall–Kier alpha value is -1.34. The number of nitrogens with one attached hydrogen (secondary N) is 2. The fourth-order valence-corrected chi connectivity index (χ4v) is 1.64. The largest absolute Gasteiger partial charge is 0.479 e. The molecule has 0 aromatic carbocycles. The lowest BCUT2D eigenvalue weighted by atomic mass is 10.0. The summed E-state index contributed by atoms with van der Waals surface area (Å²) < 4.78 is 5.33. The highest BCUT2D eigenvalue weighted by molar-refractivity contribution is 5.76. The van der Waals surface area contributed by atoms with Crippen molar-refractivity contribution in [1.82, 2.24) is 10.6 Å². The van der Waals surface area contributed by atoms with Crippen LogP contribution in [0.5, 0.6) is 0 Å². The predicted octanol–water partition coefficient (Wildman–Crippen LogP) is -0.701. The van der Waals surface area contributed by atoms with E-state index in [0.717, 1.165) is 12.8 Å². The number of aliphatic hydroxyl groups excluding tert-OH is 1. The third-order valence-corrected chi connectivity index (χ3v) is 2.56. The standard InChI is InChI=1S/C10H18N2O5/c1-6-4-7(2-3-17-6)12-10(16)11-5-8(13)9(14)15/h6-8,13H,2-5H2,1H3,(H,14,15)(H2,11,12,16). The number of carbonyl (C=O) groups is 2. The first-order chi connectivity index (χ1) is 7.99. The minimum absolute atomic E-state index is 0.0284. The van der Waals surface area contributed by atoms with Crippen LogP contribution in [0.25, 0.3) is 0 Å². The van der Waals surface area contributed by atoms with Crippen molar-refractivity contribution >= 4 is 12.0 Å². The Balaban J connectivity index is 2.22. The van der Waals surface area contributed by atoms with E-state index in [-0.39, 0.29) is 18.7 Å². The average Bonchev–Trinajstić information content (AvgIpc) is 2.25. The van der Waals surface area contributed by atoms with Crippen LogP contribution < -0.4 is 10.6 Å². The molecule has 0 saturated carbocycles. The summed E-state index contributed by atoms with van der Waals surface area (Å²) >= 11 is 0. The lowest BCUT2D eigenvalue weighted by molar-refractivity contribution is -0.146. The second kappa shape index (κ2) is 6.41. The van der Waals surface area contributed by atoms with Gasteiger partial charge in [0.2, 0.25) is 0 Å². The van der Waals surface area contributed by atoms with Gasteiger partial charge in [-0.15, -0.1) is 0 Å². The Morgan fingerprint density at radius 1 is 1.53 bits per heavy atom. The van der Waals surface area contributed by atoms with Crippen molar-refractivity contribution in [3.63, 3.8) is 0 Å². The van der Waals surface area contributed by atoms with E-state index < -0.39 is 18.1 Å². The summed E-state index contributed by atoms with van der Waals surface area (Å²) in [4.78, 5) is 21.7. The highest BCUT2D eigenvalue weighted by atomic mass is 16.5. The van der Waals surface area contributed by atoms with Crippen LogP contribution in [0.3, 0.4) is 0 Å². The molecular formula is C10H18N2O5. The lowest BCUT2D eigenvalue weighted by Gasteiger charge is -2.28. The number of carboxylic acids is 1. The van der Waals surface area contributed by atoms with Gasteiger partial charge in [-0.2, -0.15) is 0 Å². The molecule has 4 N–H and O–H groups in total. The van der Waals surface area contributed by atoms with Gasteiger partial charge < -0.3 is 25.6 Å². The smallest absolute Gasteiger partial charge is 0.334 e. The van der Waals surface area contributed by atoms with E-state index in [1.54, 1.807) is 0 Å². The summed E-state index contributed by atoms with van der Waals surface area (Å²) in [7, 11) is 0. The summed E-state index contributed by atoms with van der Waals surface area (Å²) in [6, 6.07) is -0.440. The molecular weight excluding hydrogens is 228 g/mol. The Bertz CT molecular complexity index is 284. The van der Waals surface area contributed by atoms with Gasteiger partial charge in [0, 0.05) is 12.6 Å². The molecule has 1 aliphatic heterocycles. The quantitative estimate of drug-likeness (QED) is 0.524. The molecule has 1 heterocycles. The van der Waals surface area contributed by atoms with E-state index in [4.69, 9.17) is 14.9 Å². The fourth-order valence-electron chi connectivity index (χ4n) is 1.64. The Labute approximate surface area is 99.1 Å². The van der Waals surface area contributed by atoms with Gasteiger partial charge >= 0.3 is 12.0 Å². The summed E-state index contributed by atoms with van der Waals surface area (Å²) in [5.41, 5.74) is 0. The molecule has 1 fully saturated rings. The first-order valence-corrected chi connectivity index (χ1v) is 5.56. The second-order valence-corrected chi connectivity index (χ2v) is 4.11. The highest BCUT2D eigenvalue weighted by Gasteiger charge is 2.21. The maximum atomic E-state index is 11.4. The number of carboxylic acid groups (broad SMARTS) is 1. The first-order valence-electron chi connectivity index (χ1n) is 5.56. The molecule has 3 unspecified atom stereocenters. The molecule has 7 heteroatoms. The number of urea groups is 1. The maximum Gasteiger partial charge on any atom is 0.334 e. The van der Waals surface area contributed by atoms with Crippen molar-refractivity contribution in [3.8, 4) is 0 Å². The number of hydrogen-bond donors (Lipinski definition) is 4. The number of amides is 2. The third-order valence-electron chi connectivity index (χ3n) is 2.56. The van der Waals surface area contributed by atoms with Crippen LogP contribution in [0.2, 0.25) is 0 Å². The van der Waals surface area contributed by atoms with E-state index in [1.807, 2.05) is 6.92 Å². The van der Waals surface area contributed by atoms with Crippen LogP contribution in [0.15, 0.2) is 0 Å². The predicted molar refractivity (Wildman–Crippen MR) is 58.6 cm³/mol. The molecule has 1 rings (SSSR count). The van der Waals surface area contributed by atoms with Crippen molar-refractivity contribution in [1.29, 1.82) is 0 Å². The Kier molecular flexibility index (Phi) is 5.17. The zero-order valence-electron chi connectivity index (χ0n) is 9.68. The van der Waals surface area contributed by atoms with Gasteiger partial charge in [0.25, 0.3) is 0 Å². The van der Waals surface area contributed by atoms with Crippen LogP contribution in [0, 0.1) is 0 Å². The minimum atomic E-state index is -1.57. The first kappa shape index (κ1) is 13.7. The Morgan fingerprint density at radius 2 is 2.24 bits per heavy atom. The monoisotopic (exact) mass is 246 g/mol. The molecule has 98 valence electrons. The molecule has 17 heavy (non-hydrogen) atoms. The van der Waals surface area contributed by atoms with Gasteiger partial charge in [-0.3, -0.25) is 0 Å². The Morgan fingerprint density at radius 3 is 2.82 bits per heavy atom. The number of rotatable bonds is 4. The van der Waals surface area contributed by atoms with Crippen molar-refractivity contribution in [2.45, 2.75) is 38.0 Å². The van der Waals surface area contributed by atoms with E-state index in [2.05, 4.69) is 10.6 Å². The maximum absolute atomic E-state index is 11.4. The van der Waals surface area contributed by atoms with E-state index in [1.165, 1.54) is 0 Å². The number of aliphatic hydroxyl groups is 1. The highest BCUT2D eigenvalue weighted by Crippen LogP contribution is 2.12. The zero-order chi connectivity index (χ0) is 12.8. The van der Waals surface area contributed by atoms with Crippen LogP contribution in [0.1, 0.15) is 19.8 Å². The average molecular weight is 246 g/mol. The molecule has 0 bridgehead atoms. The molecule has 7 nitrogen and oxygen atoms in total. The van der Waals surface area contributed by atoms with Crippen LogP contribution in [-0.4, -0.2) is 53.6 Å². The van der Waals surface area contributed by atoms with Gasteiger partial charge in [0.1, 0.15) is 0 Å². The number of carbonyl (C=O) groups excluding carboxylic acids is 1. The van der Waals surface area contributed by atoms with Gasteiger partial charge in [0.05, 0.1) is 12.6 Å². The van der Waals surface area contributed by atoms with E-state index >= 15 is 0 Å². The van der Waals surface area contributed by atoms with Crippen LogP contribution >= 0.6 is 0 Å². The normalized spacial score (nSPS) is 26.0. The second-order valence-electron chi connectivity index (χ2n) is 4.11. The molecule has 0 spiro atoms. The third kappa shape index (κ3) is 5.01. The van der Waals surface area contributed by atoms with E-state index in [0.29, 0.717) is 6.61 Å². The number of ether oxygens (including phenoxy) is 1. The molecule has 3 atom stereocenters. The van der Waals surface area contributed by atoms with Gasteiger partial charge in [-0.25, -0.2) is 9.59 Å². The molecule has 1 saturated heterocycles. The van der Waals surface area contributed by atoms with Crippen molar-refractivity contribution in [2.24, 2.45) is 0 Å². The van der Waals surface area contributed by atoms with Crippen molar-refractivity contribution < 1.29 is 24.5 Å². The van der Waals surface area contributed by atoms with Crippen LogP contribution in [0.4, 0.5) is 4.79 Å². The zero-order valence-corrected chi connectivity index (χ0v) is 9.68. The molecule has 1 aliphatic rings. The number of aliphatic carboxylic acids is 1. The molecule has 0 radical (unpaired) electrons. The fraction of sp³-hybridized carbons (Fsp3) is 0.800. The topological polar surface area (TPSA) is 108 Å². The summed E-state index contributed by atoms with van der Waals surface area (Å²) in [5.74, 6) is -1.36. The van der Waals surface area contributed by atoms with Crippen molar-refractivity contribution in [2.75, 3.05) is 13.2 Å². The van der Waals surface area contributed by atoms with Gasteiger partial charge in [-0.05, 0) is 19.8 Å².